The summed E-state index contributed by atoms with van der Waals surface area (Å²) in [6, 6.07) is 1.08. The Hall–Kier alpha value is -1.33. The van der Waals surface area contributed by atoms with Gasteiger partial charge in [0.25, 0.3) is 0 Å². The third-order valence-corrected chi connectivity index (χ3v) is 0.919. The van der Waals surface area contributed by atoms with Crippen molar-refractivity contribution in [1.82, 2.24) is 9.97 Å². The van der Waals surface area contributed by atoms with Crippen LogP contribution in [-0.2, 0) is 0 Å². The number of ether oxygens (including phenoxy) is 1. The molecule has 0 aliphatic carbocycles. The Morgan fingerprint density at radius 3 is 2.83 bits per heavy atom. The standard InChI is InChI=1S/C6H4F3N2O/c7-3-6(8,9)12-5-1-2-10-4-11-5/h1-2H,3H2. The van der Waals surface area contributed by atoms with Crippen LogP contribution in [0.3, 0.4) is 0 Å². The van der Waals surface area contributed by atoms with E-state index in [0.29, 0.717) is 0 Å². The van der Waals surface area contributed by atoms with Gasteiger partial charge in [-0.25, -0.2) is 9.37 Å². The van der Waals surface area contributed by atoms with Crippen molar-refractivity contribution in [3.05, 3.63) is 18.6 Å². The average molecular weight is 177 g/mol. The summed E-state index contributed by atoms with van der Waals surface area (Å²) in [5, 5.41) is 0. The quantitative estimate of drug-likeness (QED) is 0.696. The van der Waals surface area contributed by atoms with Crippen molar-refractivity contribution in [3.8, 4) is 5.88 Å². The van der Waals surface area contributed by atoms with Crippen molar-refractivity contribution in [3.63, 3.8) is 0 Å². The molecule has 0 bridgehead atoms. The number of halogens is 3. The van der Waals surface area contributed by atoms with Crippen molar-refractivity contribution in [2.24, 2.45) is 0 Å². The van der Waals surface area contributed by atoms with Gasteiger partial charge >= 0.3 is 6.11 Å². The first-order valence-electron chi connectivity index (χ1n) is 2.96. The highest BCUT2D eigenvalue weighted by Crippen LogP contribution is 2.18. The lowest BCUT2D eigenvalue weighted by Crippen LogP contribution is -2.27. The molecule has 0 saturated heterocycles. The van der Waals surface area contributed by atoms with Gasteiger partial charge in [-0.3, -0.25) is 0 Å². The van der Waals surface area contributed by atoms with E-state index < -0.39 is 18.7 Å². The van der Waals surface area contributed by atoms with Gasteiger partial charge in [0.05, 0.1) is 0 Å². The summed E-state index contributed by atoms with van der Waals surface area (Å²) >= 11 is 0. The van der Waals surface area contributed by atoms with Gasteiger partial charge in [0.15, 0.2) is 6.67 Å². The second-order valence-electron chi connectivity index (χ2n) is 1.87. The lowest BCUT2D eigenvalue weighted by Gasteiger charge is -2.12. The molecule has 3 nitrogen and oxygen atoms in total. The second kappa shape index (κ2) is 3.38. The zero-order valence-electron chi connectivity index (χ0n) is 5.80. The first kappa shape index (κ1) is 8.76. The average Bonchev–Trinajstić information content (AvgIpc) is 2.06. The zero-order chi connectivity index (χ0) is 9.03. The Morgan fingerprint density at radius 2 is 2.33 bits per heavy atom. The molecule has 1 radical (unpaired) electrons. The number of rotatable bonds is 3. The number of hydrogen-bond acceptors (Lipinski definition) is 3. The van der Waals surface area contributed by atoms with Crippen LogP contribution in [0.1, 0.15) is 0 Å². The summed E-state index contributed by atoms with van der Waals surface area (Å²) in [6.07, 6.45) is -0.641. The molecule has 0 aromatic carbocycles. The van der Waals surface area contributed by atoms with E-state index in [1.165, 1.54) is 0 Å². The molecule has 6 heteroatoms. The molecule has 0 atom stereocenters. The first-order chi connectivity index (χ1) is 5.64. The number of nitrogens with zero attached hydrogens (tertiary/aromatic N) is 2. The first-order valence-corrected chi connectivity index (χ1v) is 2.96. The fraction of sp³-hybridized carbons (Fsp3) is 0.333. The van der Waals surface area contributed by atoms with E-state index in [9.17, 15) is 13.2 Å². The van der Waals surface area contributed by atoms with E-state index in [-0.39, 0.29) is 0 Å². The lowest BCUT2D eigenvalue weighted by atomic mass is 10.6. The molecule has 0 unspecified atom stereocenters. The molecule has 1 heterocycles. The van der Waals surface area contributed by atoms with Gasteiger partial charge in [0.1, 0.15) is 0 Å². The molecule has 0 aliphatic rings. The molecule has 0 aliphatic heterocycles. The fourth-order valence-corrected chi connectivity index (χ4v) is 0.487. The molecule has 1 rings (SSSR count). The molecular formula is C6H4F3N2O. The summed E-state index contributed by atoms with van der Waals surface area (Å²) in [4.78, 5) is 6.55. The molecule has 65 valence electrons. The van der Waals surface area contributed by atoms with E-state index in [2.05, 4.69) is 14.7 Å². The molecular weight excluding hydrogens is 173 g/mol. The Bertz CT molecular complexity index is 242. The van der Waals surface area contributed by atoms with Crippen LogP contribution in [0.15, 0.2) is 12.3 Å². The normalized spacial score (nSPS) is 11.2. The van der Waals surface area contributed by atoms with Crippen LogP contribution in [0.4, 0.5) is 13.2 Å². The lowest BCUT2D eigenvalue weighted by molar-refractivity contribution is -0.188. The summed E-state index contributed by atoms with van der Waals surface area (Å²) in [6.45, 7) is -1.89. The van der Waals surface area contributed by atoms with Crippen LogP contribution in [0.5, 0.6) is 5.88 Å². The maximum atomic E-state index is 12.2. The summed E-state index contributed by atoms with van der Waals surface area (Å²) in [5.41, 5.74) is 0. The monoisotopic (exact) mass is 177 g/mol. The molecule has 0 spiro atoms. The minimum Gasteiger partial charge on any atom is -0.413 e. The van der Waals surface area contributed by atoms with Crippen LogP contribution < -0.4 is 4.74 Å². The smallest absolute Gasteiger partial charge is 0.413 e. The van der Waals surface area contributed by atoms with E-state index >= 15 is 0 Å². The van der Waals surface area contributed by atoms with E-state index in [4.69, 9.17) is 0 Å². The van der Waals surface area contributed by atoms with Crippen molar-refractivity contribution in [1.29, 1.82) is 0 Å². The molecule has 12 heavy (non-hydrogen) atoms. The molecule has 0 saturated carbocycles. The van der Waals surface area contributed by atoms with Gasteiger partial charge < -0.3 is 4.74 Å². The largest absolute Gasteiger partial charge is 0.428 e. The zero-order valence-corrected chi connectivity index (χ0v) is 5.80. The predicted octanol–water partition coefficient (Wildman–Crippen LogP) is 1.22. The van der Waals surface area contributed by atoms with Crippen molar-refractivity contribution in [2.75, 3.05) is 6.67 Å². The van der Waals surface area contributed by atoms with Gasteiger partial charge in [0.2, 0.25) is 12.2 Å². The Morgan fingerprint density at radius 1 is 1.58 bits per heavy atom. The van der Waals surface area contributed by atoms with Crippen LogP contribution in [-0.4, -0.2) is 22.8 Å². The second-order valence-corrected chi connectivity index (χ2v) is 1.87. The predicted molar refractivity (Wildman–Crippen MR) is 32.4 cm³/mol. The third kappa shape index (κ3) is 2.37. The number of hydrogen-bond donors (Lipinski definition) is 0. The van der Waals surface area contributed by atoms with Crippen molar-refractivity contribution >= 4 is 0 Å². The molecule has 0 amide bonds. The van der Waals surface area contributed by atoms with Crippen molar-refractivity contribution in [2.45, 2.75) is 6.11 Å². The van der Waals surface area contributed by atoms with Crippen LogP contribution in [0, 0.1) is 6.33 Å². The van der Waals surface area contributed by atoms with Gasteiger partial charge in [-0.1, -0.05) is 0 Å². The highest BCUT2D eigenvalue weighted by atomic mass is 19.3. The maximum absolute atomic E-state index is 12.2. The van der Waals surface area contributed by atoms with E-state index in [1.54, 1.807) is 0 Å². The number of alkyl halides is 3. The topological polar surface area (TPSA) is 35.0 Å². The summed E-state index contributed by atoms with van der Waals surface area (Å²) in [7, 11) is 0. The van der Waals surface area contributed by atoms with Gasteiger partial charge in [-0.05, 0) is 0 Å². The fourth-order valence-electron chi connectivity index (χ4n) is 0.487. The van der Waals surface area contributed by atoms with Gasteiger partial charge in [-0.15, -0.1) is 0 Å². The van der Waals surface area contributed by atoms with E-state index in [1.807, 2.05) is 6.33 Å². The molecule has 1 aromatic rings. The van der Waals surface area contributed by atoms with Gasteiger partial charge in [-0.2, -0.15) is 13.8 Å². The van der Waals surface area contributed by atoms with Crippen molar-refractivity contribution < 1.29 is 17.9 Å². The minimum absolute atomic E-state index is 0.410. The van der Waals surface area contributed by atoms with Crippen LogP contribution >= 0.6 is 0 Å². The Balaban J connectivity index is 2.64. The SMILES string of the molecule is FCC(F)(F)Oc1ccn[c]n1. The highest BCUT2D eigenvalue weighted by Gasteiger charge is 2.32. The van der Waals surface area contributed by atoms with Crippen LogP contribution in [0.25, 0.3) is 0 Å². The molecule has 0 fully saturated rings. The summed E-state index contributed by atoms with van der Waals surface area (Å²) in [5.74, 6) is -0.410. The van der Waals surface area contributed by atoms with Crippen LogP contribution in [0.2, 0.25) is 0 Å². The summed E-state index contributed by atoms with van der Waals surface area (Å²) < 4.78 is 39.7. The van der Waals surface area contributed by atoms with Gasteiger partial charge in [0, 0.05) is 12.3 Å². The van der Waals surface area contributed by atoms with E-state index in [0.717, 1.165) is 12.3 Å². The maximum Gasteiger partial charge on any atom is 0.428 e. The molecule has 1 aromatic heterocycles. The third-order valence-electron chi connectivity index (χ3n) is 0.919. The highest BCUT2D eigenvalue weighted by molar-refractivity contribution is 5.04. The Labute approximate surface area is 66.2 Å². The molecule has 0 N–H and O–H groups in total. The minimum atomic E-state index is -3.83. The number of aromatic nitrogens is 2. The Kier molecular flexibility index (Phi) is 2.47.